The van der Waals surface area contributed by atoms with Gasteiger partial charge in [0.25, 0.3) is 0 Å². The van der Waals surface area contributed by atoms with Gasteiger partial charge in [-0.05, 0) is 31.2 Å². The molecule has 128 valence electrons. The molecule has 2 aromatic carbocycles. The number of anilines is 1. The van der Waals surface area contributed by atoms with E-state index in [2.05, 4.69) is 20.5 Å². The molecule has 3 rings (SSSR count). The molecule has 0 aliphatic carbocycles. The number of benzene rings is 2. The smallest absolute Gasteiger partial charge is 0.249 e. The molecule has 1 amide bonds. The molecule has 0 bridgehead atoms. The molecule has 1 aromatic heterocycles. The summed E-state index contributed by atoms with van der Waals surface area (Å²) < 4.78 is 5.32. The molecule has 25 heavy (non-hydrogen) atoms. The van der Waals surface area contributed by atoms with E-state index in [0.717, 1.165) is 10.5 Å². The van der Waals surface area contributed by atoms with Crippen LogP contribution in [-0.2, 0) is 4.79 Å². The maximum Gasteiger partial charge on any atom is 0.249 e. The second kappa shape index (κ2) is 7.85. The van der Waals surface area contributed by atoms with Crippen LogP contribution in [-0.4, -0.2) is 33.4 Å². The number of methoxy groups -OCH3 is 1. The highest BCUT2D eigenvalue weighted by molar-refractivity contribution is 8.00. The fraction of sp³-hybridized carbons (Fsp3) is 0.167. The summed E-state index contributed by atoms with van der Waals surface area (Å²) in [6, 6.07) is 17.3. The van der Waals surface area contributed by atoms with Crippen molar-refractivity contribution < 1.29 is 9.53 Å². The zero-order valence-electron chi connectivity index (χ0n) is 13.9. The van der Waals surface area contributed by atoms with Crippen molar-refractivity contribution in [3.8, 4) is 17.1 Å². The van der Waals surface area contributed by atoms with Gasteiger partial charge in [0, 0.05) is 4.90 Å². The highest BCUT2D eigenvalue weighted by Crippen LogP contribution is 2.27. The van der Waals surface area contributed by atoms with E-state index in [-0.39, 0.29) is 17.1 Å². The summed E-state index contributed by atoms with van der Waals surface area (Å²) in [5, 5.41) is 9.36. The van der Waals surface area contributed by atoms with Crippen molar-refractivity contribution in [2.45, 2.75) is 17.1 Å². The van der Waals surface area contributed by atoms with Gasteiger partial charge < -0.3 is 4.74 Å². The summed E-state index contributed by atoms with van der Waals surface area (Å²) in [7, 11) is 1.60. The largest absolute Gasteiger partial charge is 0.496 e. The average molecular weight is 354 g/mol. The molecule has 0 saturated heterocycles. The van der Waals surface area contributed by atoms with Crippen molar-refractivity contribution in [2.75, 3.05) is 12.4 Å². The van der Waals surface area contributed by atoms with Gasteiger partial charge >= 0.3 is 0 Å². The molecular weight excluding hydrogens is 336 g/mol. The number of hydrogen-bond donors (Lipinski definition) is 2. The van der Waals surface area contributed by atoms with E-state index in [0.29, 0.717) is 11.6 Å². The van der Waals surface area contributed by atoms with Gasteiger partial charge in [-0.2, -0.15) is 4.98 Å². The highest BCUT2D eigenvalue weighted by Gasteiger charge is 2.17. The SMILES string of the molecule is COc1ccccc1-c1nc(NC(=O)C(C)Sc2ccccc2)n[nH]1. The minimum atomic E-state index is -0.268. The monoisotopic (exact) mass is 354 g/mol. The number of rotatable bonds is 6. The first-order chi connectivity index (χ1) is 12.2. The van der Waals surface area contributed by atoms with Crippen molar-refractivity contribution in [1.82, 2.24) is 15.2 Å². The predicted octanol–water partition coefficient (Wildman–Crippen LogP) is 3.60. The number of ether oxygens (including phenoxy) is 1. The standard InChI is InChI=1S/C18H18N4O2S/c1-12(25-13-8-4-3-5-9-13)17(23)20-18-19-16(21-22-18)14-10-6-7-11-15(14)24-2/h3-12H,1-2H3,(H2,19,20,21,22,23). The Hall–Kier alpha value is -2.80. The zero-order chi connectivity index (χ0) is 17.6. The topological polar surface area (TPSA) is 79.9 Å². The maximum atomic E-state index is 12.3. The van der Waals surface area contributed by atoms with E-state index in [1.807, 2.05) is 61.5 Å². The van der Waals surface area contributed by atoms with Crippen LogP contribution in [0.25, 0.3) is 11.4 Å². The Morgan fingerprint density at radius 2 is 1.88 bits per heavy atom. The van der Waals surface area contributed by atoms with Gasteiger partial charge in [0.2, 0.25) is 11.9 Å². The Morgan fingerprint density at radius 3 is 2.64 bits per heavy atom. The fourth-order valence-corrected chi connectivity index (χ4v) is 3.14. The second-order valence-corrected chi connectivity index (χ2v) is 6.68. The lowest BCUT2D eigenvalue weighted by Crippen LogP contribution is -2.23. The number of carbonyl (C=O) groups excluding carboxylic acids is 1. The molecule has 0 aliphatic heterocycles. The Morgan fingerprint density at radius 1 is 1.16 bits per heavy atom. The van der Waals surface area contributed by atoms with Crippen molar-refractivity contribution in [1.29, 1.82) is 0 Å². The number of thioether (sulfide) groups is 1. The van der Waals surface area contributed by atoms with Crippen LogP contribution in [0.15, 0.2) is 59.5 Å². The zero-order valence-corrected chi connectivity index (χ0v) is 14.7. The molecule has 1 heterocycles. The van der Waals surface area contributed by atoms with Crippen molar-refractivity contribution >= 4 is 23.6 Å². The van der Waals surface area contributed by atoms with Crippen LogP contribution >= 0.6 is 11.8 Å². The predicted molar refractivity (Wildman–Crippen MR) is 98.8 cm³/mol. The average Bonchev–Trinajstić information content (AvgIpc) is 3.10. The van der Waals surface area contributed by atoms with E-state index in [9.17, 15) is 4.79 Å². The summed E-state index contributed by atoms with van der Waals surface area (Å²) in [5.74, 6) is 1.31. The van der Waals surface area contributed by atoms with Crippen molar-refractivity contribution in [3.05, 3.63) is 54.6 Å². The molecule has 3 aromatic rings. The number of amides is 1. The van der Waals surface area contributed by atoms with Gasteiger partial charge in [-0.15, -0.1) is 16.9 Å². The Bertz CT molecular complexity index is 851. The van der Waals surface area contributed by atoms with Gasteiger partial charge in [0.05, 0.1) is 17.9 Å². The second-order valence-electron chi connectivity index (χ2n) is 5.27. The number of carbonyl (C=O) groups is 1. The van der Waals surface area contributed by atoms with Gasteiger partial charge in [-0.1, -0.05) is 30.3 Å². The molecule has 0 aliphatic rings. The van der Waals surface area contributed by atoms with Gasteiger partial charge in [-0.3, -0.25) is 15.2 Å². The first-order valence-corrected chi connectivity index (χ1v) is 8.63. The van der Waals surface area contributed by atoms with Crippen molar-refractivity contribution in [2.24, 2.45) is 0 Å². The number of H-pyrrole nitrogens is 1. The highest BCUT2D eigenvalue weighted by atomic mass is 32.2. The molecule has 1 atom stereocenters. The third kappa shape index (κ3) is 4.19. The van der Waals surface area contributed by atoms with Gasteiger partial charge in [0.15, 0.2) is 5.82 Å². The van der Waals surface area contributed by atoms with Crippen LogP contribution < -0.4 is 10.1 Å². The van der Waals surface area contributed by atoms with Crippen LogP contribution in [0.3, 0.4) is 0 Å². The van der Waals surface area contributed by atoms with Crippen LogP contribution in [0.1, 0.15) is 6.92 Å². The van der Waals surface area contributed by atoms with Gasteiger partial charge in [-0.25, -0.2) is 0 Å². The molecule has 6 nitrogen and oxygen atoms in total. The number of aromatic nitrogens is 3. The number of nitrogens with zero attached hydrogens (tertiary/aromatic N) is 2. The minimum absolute atomic E-state index is 0.153. The normalized spacial score (nSPS) is 11.8. The van der Waals surface area contributed by atoms with E-state index in [4.69, 9.17) is 4.74 Å². The summed E-state index contributed by atoms with van der Waals surface area (Å²) in [6.07, 6.45) is 0. The Balaban J connectivity index is 1.67. The molecular formula is C18H18N4O2S. The van der Waals surface area contributed by atoms with E-state index in [1.165, 1.54) is 11.8 Å². The van der Waals surface area contributed by atoms with E-state index >= 15 is 0 Å². The fourth-order valence-electron chi connectivity index (χ4n) is 2.25. The molecule has 2 N–H and O–H groups in total. The summed E-state index contributed by atoms with van der Waals surface area (Å²) in [5.41, 5.74) is 0.782. The van der Waals surface area contributed by atoms with Crippen LogP contribution in [0.2, 0.25) is 0 Å². The summed E-state index contributed by atoms with van der Waals surface area (Å²) in [6.45, 7) is 1.85. The third-order valence-corrected chi connectivity index (χ3v) is 4.62. The first kappa shape index (κ1) is 17.0. The van der Waals surface area contributed by atoms with Crippen LogP contribution in [0, 0.1) is 0 Å². The molecule has 7 heteroatoms. The van der Waals surface area contributed by atoms with E-state index in [1.54, 1.807) is 7.11 Å². The Kier molecular flexibility index (Phi) is 5.35. The van der Waals surface area contributed by atoms with Crippen LogP contribution in [0.4, 0.5) is 5.95 Å². The Labute approximate surface area is 150 Å². The molecule has 0 fully saturated rings. The van der Waals surface area contributed by atoms with Gasteiger partial charge in [0.1, 0.15) is 5.75 Å². The number of aromatic amines is 1. The van der Waals surface area contributed by atoms with E-state index < -0.39 is 0 Å². The maximum absolute atomic E-state index is 12.3. The summed E-state index contributed by atoms with van der Waals surface area (Å²) >= 11 is 1.48. The molecule has 1 unspecified atom stereocenters. The third-order valence-electron chi connectivity index (χ3n) is 3.51. The first-order valence-electron chi connectivity index (χ1n) is 7.75. The molecule has 0 radical (unpaired) electrons. The lowest BCUT2D eigenvalue weighted by atomic mass is 10.2. The number of nitrogens with one attached hydrogen (secondary N) is 2. The molecule has 0 spiro atoms. The quantitative estimate of drug-likeness (QED) is 0.661. The van der Waals surface area contributed by atoms with Crippen LogP contribution in [0.5, 0.6) is 5.75 Å². The lowest BCUT2D eigenvalue weighted by Gasteiger charge is -2.09. The minimum Gasteiger partial charge on any atom is -0.496 e. The number of para-hydroxylation sites is 1. The number of hydrogen-bond acceptors (Lipinski definition) is 5. The lowest BCUT2D eigenvalue weighted by molar-refractivity contribution is -0.115. The molecule has 0 saturated carbocycles. The summed E-state index contributed by atoms with van der Waals surface area (Å²) in [4.78, 5) is 17.7. The van der Waals surface area contributed by atoms with Crippen molar-refractivity contribution in [3.63, 3.8) is 0 Å².